The van der Waals surface area contributed by atoms with E-state index in [-0.39, 0.29) is 22.5 Å². The fourth-order valence-electron chi connectivity index (χ4n) is 3.20. The fourth-order valence-corrected chi connectivity index (χ4v) is 3.20. The molecule has 3 rings (SSSR count). The van der Waals surface area contributed by atoms with Crippen LogP contribution in [0.25, 0.3) is 0 Å². The van der Waals surface area contributed by atoms with Gasteiger partial charge in [-0.05, 0) is 48.6 Å². The van der Waals surface area contributed by atoms with Crippen LogP contribution in [0.4, 0.5) is 10.1 Å². The summed E-state index contributed by atoms with van der Waals surface area (Å²) in [5.74, 6) is -0.187. The van der Waals surface area contributed by atoms with Crippen molar-refractivity contribution in [2.75, 3.05) is 13.1 Å². The van der Waals surface area contributed by atoms with Gasteiger partial charge in [0.05, 0.1) is 4.92 Å². The molecule has 0 N–H and O–H groups in total. The number of non-ortho nitro benzene ring substituents is 1. The molecule has 1 atom stereocenters. The lowest BCUT2D eigenvalue weighted by Crippen LogP contribution is -2.35. The van der Waals surface area contributed by atoms with E-state index in [2.05, 4.69) is 11.8 Å². The molecule has 0 radical (unpaired) electrons. The van der Waals surface area contributed by atoms with E-state index in [9.17, 15) is 14.5 Å². The molecular formula is C18H19FN2O2. The number of hydrogen-bond acceptors (Lipinski definition) is 3. The average molecular weight is 314 g/mol. The second-order valence-corrected chi connectivity index (χ2v) is 5.98. The minimum atomic E-state index is -0.387. The molecule has 0 bridgehead atoms. The molecule has 1 heterocycles. The highest BCUT2D eigenvalue weighted by Crippen LogP contribution is 2.30. The zero-order chi connectivity index (χ0) is 16.4. The third-order valence-corrected chi connectivity index (χ3v) is 4.61. The monoisotopic (exact) mass is 314 g/mol. The van der Waals surface area contributed by atoms with Crippen molar-refractivity contribution in [1.29, 1.82) is 0 Å². The molecule has 0 aromatic heterocycles. The third kappa shape index (κ3) is 3.40. The smallest absolute Gasteiger partial charge is 0.269 e. The summed E-state index contributed by atoms with van der Waals surface area (Å²) in [6, 6.07) is 11.9. The molecular weight excluding hydrogens is 295 g/mol. The lowest BCUT2D eigenvalue weighted by molar-refractivity contribution is -0.384. The summed E-state index contributed by atoms with van der Waals surface area (Å²) in [6.45, 7) is 3.91. The lowest BCUT2D eigenvalue weighted by atomic mass is 9.93. The van der Waals surface area contributed by atoms with Crippen LogP contribution in [0.1, 0.15) is 29.7 Å². The maximum absolute atomic E-state index is 13.5. The van der Waals surface area contributed by atoms with E-state index in [1.165, 1.54) is 11.6 Å². The first kappa shape index (κ1) is 15.6. The Morgan fingerprint density at radius 2 is 2.00 bits per heavy atom. The fraction of sp³-hybridized carbons (Fsp3) is 0.333. The first-order valence-electron chi connectivity index (χ1n) is 7.80. The molecule has 120 valence electrons. The summed E-state index contributed by atoms with van der Waals surface area (Å²) in [7, 11) is 0. The number of rotatable bonds is 4. The van der Waals surface area contributed by atoms with Gasteiger partial charge < -0.3 is 0 Å². The standard InChI is InChI=1S/C18H19FN2O2/c1-13-18-12-16(19)5-4-15(18)9-11-20(13)10-8-14-2-6-17(7-3-14)21(22)23/h2-7,12-13H,8-11H2,1H3. The predicted octanol–water partition coefficient (Wildman–Crippen LogP) is 3.90. The molecule has 0 saturated carbocycles. The van der Waals surface area contributed by atoms with Crippen LogP contribution in [0.3, 0.4) is 0 Å². The van der Waals surface area contributed by atoms with Crippen LogP contribution >= 0.6 is 0 Å². The highest BCUT2D eigenvalue weighted by molar-refractivity contribution is 5.34. The van der Waals surface area contributed by atoms with E-state index in [1.807, 2.05) is 6.07 Å². The molecule has 1 unspecified atom stereocenters. The van der Waals surface area contributed by atoms with Gasteiger partial charge in [-0.3, -0.25) is 15.0 Å². The number of halogens is 1. The Morgan fingerprint density at radius 3 is 2.70 bits per heavy atom. The SMILES string of the molecule is CC1c2cc(F)ccc2CCN1CCc1ccc([N+](=O)[O-])cc1. The Morgan fingerprint density at radius 1 is 1.26 bits per heavy atom. The first-order valence-corrected chi connectivity index (χ1v) is 7.80. The Balaban J connectivity index is 1.66. The van der Waals surface area contributed by atoms with E-state index in [0.717, 1.165) is 37.1 Å². The van der Waals surface area contributed by atoms with E-state index in [1.54, 1.807) is 30.3 Å². The van der Waals surface area contributed by atoms with Gasteiger partial charge in [0, 0.05) is 31.3 Å². The largest absolute Gasteiger partial charge is 0.296 e. The summed E-state index contributed by atoms with van der Waals surface area (Å²) in [5, 5.41) is 10.7. The van der Waals surface area contributed by atoms with E-state index < -0.39 is 0 Å². The van der Waals surface area contributed by atoms with Crippen molar-refractivity contribution < 1.29 is 9.31 Å². The third-order valence-electron chi connectivity index (χ3n) is 4.61. The number of fused-ring (bicyclic) bond motifs is 1. The minimum Gasteiger partial charge on any atom is -0.296 e. The van der Waals surface area contributed by atoms with Crippen LogP contribution in [0.15, 0.2) is 42.5 Å². The van der Waals surface area contributed by atoms with Gasteiger partial charge in [-0.25, -0.2) is 4.39 Å². The second kappa shape index (κ2) is 6.46. The van der Waals surface area contributed by atoms with Gasteiger partial charge in [-0.15, -0.1) is 0 Å². The summed E-state index contributed by atoms with van der Waals surface area (Å²) >= 11 is 0. The van der Waals surface area contributed by atoms with Gasteiger partial charge in [0.15, 0.2) is 0 Å². The molecule has 1 aliphatic rings. The summed E-state index contributed by atoms with van der Waals surface area (Å²) < 4.78 is 13.5. The molecule has 0 fully saturated rings. The topological polar surface area (TPSA) is 46.4 Å². The van der Waals surface area contributed by atoms with Crippen LogP contribution in [-0.2, 0) is 12.8 Å². The van der Waals surface area contributed by atoms with Crippen LogP contribution in [0, 0.1) is 15.9 Å². The van der Waals surface area contributed by atoms with E-state index in [4.69, 9.17) is 0 Å². The van der Waals surface area contributed by atoms with E-state index >= 15 is 0 Å². The van der Waals surface area contributed by atoms with Crippen molar-refractivity contribution in [3.8, 4) is 0 Å². The Bertz CT molecular complexity index is 715. The number of nitrogens with zero attached hydrogens (tertiary/aromatic N) is 2. The molecule has 0 saturated heterocycles. The molecule has 2 aromatic rings. The van der Waals surface area contributed by atoms with Crippen LogP contribution < -0.4 is 0 Å². The lowest BCUT2D eigenvalue weighted by Gasteiger charge is -2.35. The molecule has 0 amide bonds. The summed E-state index contributed by atoms with van der Waals surface area (Å²) in [6.07, 6.45) is 1.76. The molecule has 1 aliphatic heterocycles. The van der Waals surface area contributed by atoms with Crippen LogP contribution in [0.2, 0.25) is 0 Å². The minimum absolute atomic E-state index is 0.115. The van der Waals surface area contributed by atoms with Gasteiger partial charge in [0.2, 0.25) is 0 Å². The van der Waals surface area contributed by atoms with Crippen LogP contribution in [0.5, 0.6) is 0 Å². The Kier molecular flexibility index (Phi) is 4.39. The van der Waals surface area contributed by atoms with Gasteiger partial charge in [-0.1, -0.05) is 18.2 Å². The van der Waals surface area contributed by atoms with Gasteiger partial charge >= 0.3 is 0 Å². The van der Waals surface area contributed by atoms with Gasteiger partial charge in [0.25, 0.3) is 5.69 Å². The molecule has 23 heavy (non-hydrogen) atoms. The molecule has 4 nitrogen and oxygen atoms in total. The maximum Gasteiger partial charge on any atom is 0.269 e. The highest BCUT2D eigenvalue weighted by atomic mass is 19.1. The molecule has 0 spiro atoms. The zero-order valence-electron chi connectivity index (χ0n) is 13.0. The quantitative estimate of drug-likeness (QED) is 0.635. The van der Waals surface area contributed by atoms with Crippen molar-refractivity contribution in [3.63, 3.8) is 0 Å². The molecule has 5 heteroatoms. The second-order valence-electron chi connectivity index (χ2n) is 5.98. The molecule has 2 aromatic carbocycles. The van der Waals surface area contributed by atoms with Crippen LogP contribution in [-0.4, -0.2) is 22.9 Å². The van der Waals surface area contributed by atoms with Crippen molar-refractivity contribution >= 4 is 5.69 Å². The summed E-state index contributed by atoms with van der Waals surface area (Å²) in [5.41, 5.74) is 3.49. The maximum atomic E-state index is 13.5. The predicted molar refractivity (Wildman–Crippen MR) is 86.9 cm³/mol. The number of nitro groups is 1. The Hall–Kier alpha value is -2.27. The van der Waals surface area contributed by atoms with Crippen molar-refractivity contribution in [3.05, 3.63) is 75.1 Å². The van der Waals surface area contributed by atoms with Gasteiger partial charge in [-0.2, -0.15) is 0 Å². The summed E-state index contributed by atoms with van der Waals surface area (Å²) in [4.78, 5) is 12.6. The van der Waals surface area contributed by atoms with Crippen molar-refractivity contribution in [2.45, 2.75) is 25.8 Å². The van der Waals surface area contributed by atoms with Gasteiger partial charge in [0.1, 0.15) is 5.82 Å². The highest BCUT2D eigenvalue weighted by Gasteiger charge is 2.23. The number of benzene rings is 2. The number of nitro benzene ring substituents is 1. The average Bonchev–Trinajstić information content (AvgIpc) is 2.55. The number of hydrogen-bond donors (Lipinski definition) is 0. The zero-order valence-corrected chi connectivity index (χ0v) is 13.0. The molecule has 0 aliphatic carbocycles. The van der Waals surface area contributed by atoms with Crippen molar-refractivity contribution in [2.24, 2.45) is 0 Å². The van der Waals surface area contributed by atoms with E-state index in [0.29, 0.717) is 0 Å². The normalized spacial score (nSPS) is 17.7. The Labute approximate surface area is 134 Å². The first-order chi connectivity index (χ1) is 11.0. The van der Waals surface area contributed by atoms with Crippen molar-refractivity contribution in [1.82, 2.24) is 4.90 Å².